The molecule has 0 radical (unpaired) electrons. The van der Waals surface area contributed by atoms with E-state index in [-0.39, 0.29) is 12.0 Å². The van der Waals surface area contributed by atoms with Crippen molar-refractivity contribution in [2.45, 2.75) is 43.4 Å². The standard InChI is InChI=1S/C9H16N2O2/c1-13-7-4-9(5-7,8(10)12)11-6-2-3-6/h6-7,11H,2-5H2,1H3,(H2,10,12). The van der Waals surface area contributed by atoms with Crippen LogP contribution in [-0.2, 0) is 9.53 Å². The lowest BCUT2D eigenvalue weighted by molar-refractivity contribution is -0.135. The van der Waals surface area contributed by atoms with Gasteiger partial charge in [-0.15, -0.1) is 0 Å². The minimum Gasteiger partial charge on any atom is -0.381 e. The first kappa shape index (κ1) is 8.97. The summed E-state index contributed by atoms with van der Waals surface area (Å²) in [7, 11) is 1.67. The molecule has 0 heterocycles. The zero-order valence-corrected chi connectivity index (χ0v) is 7.88. The summed E-state index contributed by atoms with van der Waals surface area (Å²) in [5.74, 6) is -0.229. The average Bonchev–Trinajstić information content (AvgIpc) is 2.78. The van der Waals surface area contributed by atoms with Crippen molar-refractivity contribution in [2.24, 2.45) is 5.73 Å². The van der Waals surface area contributed by atoms with Gasteiger partial charge in [-0.25, -0.2) is 0 Å². The van der Waals surface area contributed by atoms with E-state index in [0.717, 1.165) is 12.8 Å². The van der Waals surface area contributed by atoms with Crippen molar-refractivity contribution in [1.29, 1.82) is 0 Å². The van der Waals surface area contributed by atoms with Crippen molar-refractivity contribution >= 4 is 5.91 Å². The van der Waals surface area contributed by atoms with Crippen LogP contribution in [0.3, 0.4) is 0 Å². The van der Waals surface area contributed by atoms with Crippen LogP contribution in [0.2, 0.25) is 0 Å². The number of hydrogen-bond acceptors (Lipinski definition) is 3. The average molecular weight is 184 g/mol. The normalized spacial score (nSPS) is 38.4. The molecule has 0 spiro atoms. The minimum atomic E-state index is -0.457. The Morgan fingerprint density at radius 1 is 1.54 bits per heavy atom. The summed E-state index contributed by atoms with van der Waals surface area (Å²) in [5, 5.41) is 3.31. The van der Waals surface area contributed by atoms with Crippen molar-refractivity contribution in [1.82, 2.24) is 5.32 Å². The number of nitrogens with one attached hydrogen (secondary N) is 1. The van der Waals surface area contributed by atoms with Gasteiger partial charge in [0.1, 0.15) is 5.54 Å². The second kappa shape index (κ2) is 2.96. The van der Waals surface area contributed by atoms with Crippen LogP contribution in [0.25, 0.3) is 0 Å². The lowest BCUT2D eigenvalue weighted by atomic mass is 9.73. The van der Waals surface area contributed by atoms with Gasteiger partial charge in [-0.2, -0.15) is 0 Å². The van der Waals surface area contributed by atoms with E-state index in [9.17, 15) is 4.79 Å². The third kappa shape index (κ3) is 1.56. The summed E-state index contributed by atoms with van der Waals surface area (Å²) in [6, 6.07) is 0.519. The first-order valence-electron chi connectivity index (χ1n) is 4.77. The highest BCUT2D eigenvalue weighted by Gasteiger charge is 2.51. The van der Waals surface area contributed by atoms with Gasteiger partial charge in [-0.3, -0.25) is 4.79 Å². The van der Waals surface area contributed by atoms with Gasteiger partial charge >= 0.3 is 0 Å². The number of ether oxygens (including phenoxy) is 1. The lowest BCUT2D eigenvalue weighted by Crippen LogP contribution is -2.66. The molecule has 0 bridgehead atoms. The maximum Gasteiger partial charge on any atom is 0.237 e. The summed E-state index contributed by atoms with van der Waals surface area (Å²) < 4.78 is 5.15. The molecule has 4 nitrogen and oxygen atoms in total. The predicted octanol–water partition coefficient (Wildman–Crippen LogP) is -0.229. The number of methoxy groups -OCH3 is 1. The number of carbonyl (C=O) groups is 1. The molecule has 2 fully saturated rings. The van der Waals surface area contributed by atoms with E-state index >= 15 is 0 Å². The van der Waals surface area contributed by atoms with Crippen LogP contribution < -0.4 is 11.1 Å². The molecule has 74 valence electrons. The van der Waals surface area contributed by atoms with Crippen LogP contribution >= 0.6 is 0 Å². The smallest absolute Gasteiger partial charge is 0.237 e. The molecule has 1 amide bonds. The number of amides is 1. The van der Waals surface area contributed by atoms with Crippen molar-refractivity contribution in [3.05, 3.63) is 0 Å². The van der Waals surface area contributed by atoms with Crippen LogP contribution in [0.4, 0.5) is 0 Å². The maximum absolute atomic E-state index is 11.2. The third-order valence-electron chi connectivity index (χ3n) is 3.02. The fourth-order valence-corrected chi connectivity index (χ4v) is 1.89. The second-order valence-corrected chi connectivity index (χ2v) is 4.13. The molecule has 4 heteroatoms. The molecule has 3 N–H and O–H groups in total. The number of primary amides is 1. The first-order valence-corrected chi connectivity index (χ1v) is 4.77. The largest absolute Gasteiger partial charge is 0.381 e. The summed E-state index contributed by atoms with van der Waals surface area (Å²) in [6.45, 7) is 0. The molecule has 13 heavy (non-hydrogen) atoms. The zero-order valence-electron chi connectivity index (χ0n) is 7.88. The topological polar surface area (TPSA) is 64.3 Å². The molecule has 0 aromatic heterocycles. The van der Waals surface area contributed by atoms with Crippen LogP contribution in [0.5, 0.6) is 0 Å². The van der Waals surface area contributed by atoms with E-state index in [1.54, 1.807) is 7.11 Å². The summed E-state index contributed by atoms with van der Waals surface area (Å²) >= 11 is 0. The number of carbonyl (C=O) groups excluding carboxylic acids is 1. The first-order chi connectivity index (χ1) is 6.16. The quantitative estimate of drug-likeness (QED) is 0.634. The molecule has 2 aliphatic rings. The zero-order chi connectivity index (χ0) is 9.47. The monoisotopic (exact) mass is 184 g/mol. The molecule has 0 atom stereocenters. The Bertz CT molecular complexity index is 220. The van der Waals surface area contributed by atoms with Gasteiger partial charge in [0.15, 0.2) is 0 Å². The van der Waals surface area contributed by atoms with Crippen LogP contribution in [0, 0.1) is 0 Å². The third-order valence-corrected chi connectivity index (χ3v) is 3.02. The molecule has 0 aromatic rings. The van der Waals surface area contributed by atoms with E-state index in [4.69, 9.17) is 10.5 Å². The molecule has 2 saturated carbocycles. The summed E-state index contributed by atoms with van der Waals surface area (Å²) in [6.07, 6.45) is 4.02. The SMILES string of the molecule is COC1CC(NC2CC2)(C(N)=O)C1. The highest BCUT2D eigenvalue weighted by Crippen LogP contribution is 2.37. The fourth-order valence-electron chi connectivity index (χ4n) is 1.89. The van der Waals surface area contributed by atoms with Gasteiger partial charge in [0.2, 0.25) is 5.91 Å². The second-order valence-electron chi connectivity index (χ2n) is 4.13. The van der Waals surface area contributed by atoms with E-state index < -0.39 is 5.54 Å². The highest BCUT2D eigenvalue weighted by atomic mass is 16.5. The van der Waals surface area contributed by atoms with E-state index in [2.05, 4.69) is 5.32 Å². The van der Waals surface area contributed by atoms with E-state index in [0.29, 0.717) is 6.04 Å². The highest BCUT2D eigenvalue weighted by molar-refractivity contribution is 5.86. The van der Waals surface area contributed by atoms with Crippen LogP contribution in [0.15, 0.2) is 0 Å². The van der Waals surface area contributed by atoms with Gasteiger partial charge in [0, 0.05) is 26.0 Å². The van der Waals surface area contributed by atoms with Gasteiger partial charge in [0.25, 0.3) is 0 Å². The predicted molar refractivity (Wildman–Crippen MR) is 48.1 cm³/mol. The molecule has 0 saturated heterocycles. The van der Waals surface area contributed by atoms with E-state index in [1.807, 2.05) is 0 Å². The summed E-state index contributed by atoms with van der Waals surface area (Å²) in [4.78, 5) is 11.2. The Hall–Kier alpha value is -0.610. The molecular formula is C9H16N2O2. The Morgan fingerprint density at radius 3 is 2.54 bits per heavy atom. The molecular weight excluding hydrogens is 168 g/mol. The molecule has 2 rings (SSSR count). The molecule has 0 aromatic carbocycles. The fraction of sp³-hybridized carbons (Fsp3) is 0.889. The lowest BCUT2D eigenvalue weighted by Gasteiger charge is -2.45. The van der Waals surface area contributed by atoms with Crippen molar-refractivity contribution in [2.75, 3.05) is 7.11 Å². The van der Waals surface area contributed by atoms with Gasteiger partial charge < -0.3 is 15.8 Å². The minimum absolute atomic E-state index is 0.207. The van der Waals surface area contributed by atoms with Crippen molar-refractivity contribution in [3.8, 4) is 0 Å². The maximum atomic E-state index is 11.2. The Labute approximate surface area is 77.8 Å². The Morgan fingerprint density at radius 2 is 2.15 bits per heavy atom. The van der Waals surface area contributed by atoms with Crippen LogP contribution in [-0.4, -0.2) is 30.7 Å². The molecule has 0 unspecified atom stereocenters. The van der Waals surface area contributed by atoms with Gasteiger partial charge in [-0.1, -0.05) is 0 Å². The van der Waals surface area contributed by atoms with Crippen molar-refractivity contribution < 1.29 is 9.53 Å². The molecule has 0 aliphatic heterocycles. The number of nitrogens with two attached hydrogens (primary N) is 1. The Balaban J connectivity index is 1.93. The van der Waals surface area contributed by atoms with Gasteiger partial charge in [0.05, 0.1) is 6.10 Å². The van der Waals surface area contributed by atoms with E-state index in [1.165, 1.54) is 12.8 Å². The molecule has 2 aliphatic carbocycles. The Kier molecular flexibility index (Phi) is 2.04. The number of hydrogen-bond donors (Lipinski definition) is 2. The van der Waals surface area contributed by atoms with Crippen LogP contribution in [0.1, 0.15) is 25.7 Å². The van der Waals surface area contributed by atoms with Crippen molar-refractivity contribution in [3.63, 3.8) is 0 Å². The van der Waals surface area contributed by atoms with Gasteiger partial charge in [-0.05, 0) is 12.8 Å². The number of rotatable bonds is 4. The summed E-state index contributed by atoms with van der Waals surface area (Å²) in [5.41, 5.74) is 4.91.